The molecule has 0 bridgehead atoms. The summed E-state index contributed by atoms with van der Waals surface area (Å²) in [4.78, 5) is 5.05. The second-order valence-electron chi connectivity index (χ2n) is 4.81. The van der Waals surface area contributed by atoms with Crippen LogP contribution in [0.2, 0.25) is 0 Å². The highest BCUT2D eigenvalue weighted by molar-refractivity contribution is 4.85. The number of rotatable bonds is 3. The molecular formula is C11H25N3. The van der Waals surface area contributed by atoms with E-state index in [1.807, 2.05) is 0 Å². The third kappa shape index (κ3) is 2.69. The van der Waals surface area contributed by atoms with E-state index < -0.39 is 0 Å². The van der Waals surface area contributed by atoms with E-state index in [-0.39, 0.29) is 0 Å². The summed E-state index contributed by atoms with van der Waals surface area (Å²) in [5.74, 6) is 0. The number of piperazine rings is 1. The number of nitrogens with zero attached hydrogens (tertiary/aromatic N) is 2. The Kier molecular flexibility index (Phi) is 4.35. The zero-order valence-corrected chi connectivity index (χ0v) is 10.0. The van der Waals surface area contributed by atoms with Gasteiger partial charge in [0.25, 0.3) is 0 Å². The maximum absolute atomic E-state index is 5.83. The van der Waals surface area contributed by atoms with Crippen molar-refractivity contribution < 1.29 is 0 Å². The lowest BCUT2D eigenvalue weighted by Gasteiger charge is -2.44. The second kappa shape index (κ2) is 5.10. The van der Waals surface area contributed by atoms with Crippen molar-refractivity contribution in [2.45, 2.75) is 45.8 Å². The zero-order chi connectivity index (χ0) is 10.7. The van der Waals surface area contributed by atoms with Crippen LogP contribution in [0.5, 0.6) is 0 Å². The molecule has 0 aliphatic carbocycles. The third-order valence-corrected chi connectivity index (χ3v) is 3.23. The number of hydrogen-bond acceptors (Lipinski definition) is 3. The average molecular weight is 199 g/mol. The summed E-state index contributed by atoms with van der Waals surface area (Å²) >= 11 is 0. The summed E-state index contributed by atoms with van der Waals surface area (Å²) in [6, 6.07) is 1.82. The Hall–Kier alpha value is -0.120. The number of hydrogen-bond donors (Lipinski definition) is 1. The van der Waals surface area contributed by atoms with Crippen molar-refractivity contribution in [3.05, 3.63) is 0 Å². The first kappa shape index (κ1) is 12.0. The van der Waals surface area contributed by atoms with Crippen LogP contribution in [-0.2, 0) is 0 Å². The Labute approximate surface area is 88.2 Å². The first-order chi connectivity index (χ1) is 6.56. The fraction of sp³-hybridized carbons (Fsp3) is 1.00. The second-order valence-corrected chi connectivity index (χ2v) is 4.81. The fourth-order valence-corrected chi connectivity index (χ4v) is 2.25. The molecule has 1 atom stereocenters. The molecule has 0 saturated carbocycles. The Balaban J connectivity index is 2.54. The van der Waals surface area contributed by atoms with E-state index in [9.17, 15) is 0 Å². The molecule has 0 spiro atoms. The molecule has 0 radical (unpaired) electrons. The van der Waals surface area contributed by atoms with Gasteiger partial charge in [-0.25, -0.2) is 0 Å². The van der Waals surface area contributed by atoms with Gasteiger partial charge in [-0.15, -0.1) is 0 Å². The molecule has 14 heavy (non-hydrogen) atoms. The molecule has 3 nitrogen and oxygen atoms in total. The first-order valence-electron chi connectivity index (χ1n) is 5.76. The molecule has 1 heterocycles. The Morgan fingerprint density at radius 3 is 2.21 bits per heavy atom. The van der Waals surface area contributed by atoms with Gasteiger partial charge in [0.15, 0.2) is 0 Å². The summed E-state index contributed by atoms with van der Waals surface area (Å²) in [6.45, 7) is 13.3. The van der Waals surface area contributed by atoms with Crippen molar-refractivity contribution in [3.63, 3.8) is 0 Å². The smallest absolute Gasteiger partial charge is 0.0349 e. The van der Waals surface area contributed by atoms with Crippen molar-refractivity contribution in [2.24, 2.45) is 5.73 Å². The van der Waals surface area contributed by atoms with Crippen LogP contribution < -0.4 is 5.73 Å². The standard InChI is InChI=1S/C11H25N3/c1-9(2)13-5-6-14(10(3)4)11(7-12)8-13/h9-11H,5-8,12H2,1-4H3. The Bertz CT molecular complexity index is 168. The van der Waals surface area contributed by atoms with Gasteiger partial charge in [-0.1, -0.05) is 0 Å². The highest BCUT2D eigenvalue weighted by atomic mass is 15.3. The number of nitrogens with two attached hydrogens (primary N) is 1. The quantitative estimate of drug-likeness (QED) is 0.728. The molecule has 3 heteroatoms. The lowest BCUT2D eigenvalue weighted by molar-refractivity contribution is 0.0403. The van der Waals surface area contributed by atoms with Crippen LogP contribution in [0.3, 0.4) is 0 Å². The van der Waals surface area contributed by atoms with E-state index in [0.29, 0.717) is 18.1 Å². The highest BCUT2D eigenvalue weighted by Crippen LogP contribution is 2.14. The molecule has 2 N–H and O–H groups in total. The van der Waals surface area contributed by atoms with Crippen LogP contribution in [0.15, 0.2) is 0 Å². The molecule has 1 aliphatic rings. The van der Waals surface area contributed by atoms with E-state index in [1.54, 1.807) is 0 Å². The van der Waals surface area contributed by atoms with E-state index in [0.717, 1.165) is 19.6 Å². The van der Waals surface area contributed by atoms with Crippen molar-refractivity contribution in [1.82, 2.24) is 9.80 Å². The molecule has 1 aliphatic heterocycles. The monoisotopic (exact) mass is 199 g/mol. The topological polar surface area (TPSA) is 32.5 Å². The summed E-state index contributed by atoms with van der Waals surface area (Å²) < 4.78 is 0. The van der Waals surface area contributed by atoms with Crippen LogP contribution in [0.4, 0.5) is 0 Å². The molecule has 0 amide bonds. The van der Waals surface area contributed by atoms with Gasteiger partial charge in [-0.05, 0) is 27.7 Å². The van der Waals surface area contributed by atoms with Gasteiger partial charge >= 0.3 is 0 Å². The van der Waals surface area contributed by atoms with Crippen molar-refractivity contribution >= 4 is 0 Å². The van der Waals surface area contributed by atoms with Crippen molar-refractivity contribution in [1.29, 1.82) is 0 Å². The molecule has 84 valence electrons. The molecule has 0 aromatic rings. The van der Waals surface area contributed by atoms with Gasteiger partial charge in [0.05, 0.1) is 0 Å². The normalized spacial score (nSPS) is 26.4. The van der Waals surface area contributed by atoms with Gasteiger partial charge in [0.1, 0.15) is 0 Å². The molecule has 1 saturated heterocycles. The summed E-state index contributed by atoms with van der Waals surface area (Å²) in [5.41, 5.74) is 5.83. The SMILES string of the molecule is CC(C)N1CCN(C(C)C)C(CN)C1. The van der Waals surface area contributed by atoms with Gasteiger partial charge in [0.2, 0.25) is 0 Å². The molecular weight excluding hydrogens is 174 g/mol. The fourth-order valence-electron chi connectivity index (χ4n) is 2.25. The maximum atomic E-state index is 5.83. The Morgan fingerprint density at radius 2 is 1.79 bits per heavy atom. The van der Waals surface area contributed by atoms with Crippen molar-refractivity contribution in [3.8, 4) is 0 Å². The van der Waals surface area contributed by atoms with E-state index in [4.69, 9.17) is 5.73 Å². The minimum Gasteiger partial charge on any atom is -0.329 e. The molecule has 1 rings (SSSR count). The highest BCUT2D eigenvalue weighted by Gasteiger charge is 2.28. The lowest BCUT2D eigenvalue weighted by atomic mass is 10.1. The van der Waals surface area contributed by atoms with Crippen LogP contribution >= 0.6 is 0 Å². The van der Waals surface area contributed by atoms with E-state index in [2.05, 4.69) is 37.5 Å². The Morgan fingerprint density at radius 1 is 1.14 bits per heavy atom. The van der Waals surface area contributed by atoms with Gasteiger partial charge in [-0.3, -0.25) is 9.80 Å². The predicted octanol–water partition coefficient (Wildman–Crippen LogP) is 0.748. The summed E-state index contributed by atoms with van der Waals surface area (Å²) in [5, 5.41) is 0. The zero-order valence-electron chi connectivity index (χ0n) is 10.0. The van der Waals surface area contributed by atoms with Crippen LogP contribution in [0.1, 0.15) is 27.7 Å². The van der Waals surface area contributed by atoms with Gasteiger partial charge in [-0.2, -0.15) is 0 Å². The molecule has 0 aromatic carbocycles. The lowest BCUT2D eigenvalue weighted by Crippen LogP contribution is -2.59. The predicted molar refractivity (Wildman–Crippen MR) is 61.4 cm³/mol. The minimum absolute atomic E-state index is 0.547. The maximum Gasteiger partial charge on any atom is 0.0349 e. The van der Waals surface area contributed by atoms with E-state index >= 15 is 0 Å². The average Bonchev–Trinajstić information content (AvgIpc) is 2.16. The van der Waals surface area contributed by atoms with Crippen LogP contribution in [0.25, 0.3) is 0 Å². The largest absolute Gasteiger partial charge is 0.329 e. The molecule has 1 fully saturated rings. The van der Waals surface area contributed by atoms with Crippen LogP contribution in [-0.4, -0.2) is 54.1 Å². The third-order valence-electron chi connectivity index (χ3n) is 3.23. The summed E-state index contributed by atoms with van der Waals surface area (Å²) in [7, 11) is 0. The summed E-state index contributed by atoms with van der Waals surface area (Å²) in [6.07, 6.45) is 0. The van der Waals surface area contributed by atoms with E-state index in [1.165, 1.54) is 6.54 Å². The van der Waals surface area contributed by atoms with Crippen molar-refractivity contribution in [2.75, 3.05) is 26.2 Å². The minimum atomic E-state index is 0.547. The van der Waals surface area contributed by atoms with Gasteiger partial charge in [0, 0.05) is 44.3 Å². The molecule has 1 unspecified atom stereocenters. The van der Waals surface area contributed by atoms with Gasteiger partial charge < -0.3 is 5.73 Å². The first-order valence-corrected chi connectivity index (χ1v) is 5.76. The molecule has 0 aromatic heterocycles. The van der Waals surface area contributed by atoms with Crippen LogP contribution in [0, 0.1) is 0 Å².